The number of rotatable bonds is 6. The highest BCUT2D eigenvalue weighted by Gasteiger charge is 2.24. The lowest BCUT2D eigenvalue weighted by atomic mass is 9.97. The smallest absolute Gasteiger partial charge is 0.138 e. The fraction of sp³-hybridized carbons (Fsp3) is 0.409. The molecule has 0 bridgehead atoms. The van der Waals surface area contributed by atoms with E-state index in [0.717, 1.165) is 53.8 Å². The molecule has 1 aliphatic heterocycles. The predicted molar refractivity (Wildman–Crippen MR) is 107 cm³/mol. The minimum Gasteiger partial charge on any atom is -0.396 e. The van der Waals surface area contributed by atoms with Crippen molar-refractivity contribution in [2.24, 2.45) is 0 Å². The Morgan fingerprint density at radius 3 is 2.93 bits per heavy atom. The van der Waals surface area contributed by atoms with Crippen molar-refractivity contribution in [2.45, 2.75) is 44.9 Å². The van der Waals surface area contributed by atoms with E-state index in [1.54, 1.807) is 0 Å². The second-order valence-corrected chi connectivity index (χ2v) is 7.37. The topological polar surface area (TPSA) is 72.4 Å². The van der Waals surface area contributed by atoms with Gasteiger partial charge in [-0.2, -0.15) is 0 Å². The Hall–Kier alpha value is -2.21. The van der Waals surface area contributed by atoms with Crippen molar-refractivity contribution < 1.29 is 10.2 Å². The molecule has 27 heavy (non-hydrogen) atoms. The molecular formula is C22H27N3O2. The molecule has 1 fully saturated rings. The largest absolute Gasteiger partial charge is 0.396 e. The van der Waals surface area contributed by atoms with E-state index in [4.69, 9.17) is 0 Å². The number of fused-ring (bicyclic) bond motifs is 1. The number of H-pyrrole nitrogens is 1. The van der Waals surface area contributed by atoms with Crippen molar-refractivity contribution in [2.75, 3.05) is 13.2 Å². The lowest BCUT2D eigenvalue weighted by molar-refractivity contribution is 0.111. The summed E-state index contributed by atoms with van der Waals surface area (Å²) >= 11 is 0. The van der Waals surface area contributed by atoms with Crippen LogP contribution in [0.1, 0.15) is 36.9 Å². The number of aliphatic hydroxyl groups is 2. The van der Waals surface area contributed by atoms with Crippen molar-refractivity contribution in [3.63, 3.8) is 0 Å². The summed E-state index contributed by atoms with van der Waals surface area (Å²) in [6.45, 7) is 2.15. The molecule has 1 atom stereocenters. The van der Waals surface area contributed by atoms with Crippen LogP contribution < -0.4 is 0 Å². The summed E-state index contributed by atoms with van der Waals surface area (Å²) < 4.78 is 0. The van der Waals surface area contributed by atoms with Crippen LogP contribution in [0.25, 0.3) is 22.2 Å². The SMILES string of the molecule is OCCC1CCCCN1Cc1[nH]c2ncccc2c1-c1cccc(CO)c1. The number of aromatic amines is 1. The highest BCUT2D eigenvalue weighted by Crippen LogP contribution is 2.34. The van der Waals surface area contributed by atoms with E-state index in [1.165, 1.54) is 18.4 Å². The van der Waals surface area contributed by atoms with Crippen LogP contribution in [0.4, 0.5) is 0 Å². The maximum absolute atomic E-state index is 9.54. The van der Waals surface area contributed by atoms with Gasteiger partial charge < -0.3 is 15.2 Å². The van der Waals surface area contributed by atoms with Gasteiger partial charge in [0, 0.05) is 42.0 Å². The van der Waals surface area contributed by atoms with Crippen LogP contribution in [0.3, 0.4) is 0 Å². The highest BCUT2D eigenvalue weighted by molar-refractivity contribution is 5.95. The van der Waals surface area contributed by atoms with Gasteiger partial charge >= 0.3 is 0 Å². The molecule has 0 aliphatic carbocycles. The first kappa shape index (κ1) is 18.2. The van der Waals surface area contributed by atoms with Crippen LogP contribution >= 0.6 is 0 Å². The van der Waals surface area contributed by atoms with Crippen molar-refractivity contribution in [1.29, 1.82) is 0 Å². The first-order chi connectivity index (χ1) is 13.3. The molecule has 5 heteroatoms. The molecule has 2 aromatic heterocycles. The molecule has 3 heterocycles. The minimum absolute atomic E-state index is 0.0362. The number of nitrogens with one attached hydrogen (secondary N) is 1. The quantitative estimate of drug-likeness (QED) is 0.625. The Bertz CT molecular complexity index is 903. The van der Waals surface area contributed by atoms with E-state index in [-0.39, 0.29) is 13.2 Å². The average Bonchev–Trinajstić information content (AvgIpc) is 3.07. The first-order valence-electron chi connectivity index (χ1n) is 9.81. The number of benzene rings is 1. The molecular weight excluding hydrogens is 338 g/mol. The molecule has 1 saturated heterocycles. The van der Waals surface area contributed by atoms with Gasteiger partial charge in [-0.3, -0.25) is 4.90 Å². The standard InChI is InChI=1S/C22H27N3O2/c26-12-9-18-7-1-2-11-25(18)14-20-21(17-6-3-5-16(13-17)15-27)19-8-4-10-23-22(19)24-20/h3-6,8,10,13,18,26-27H,1-2,7,9,11-12,14-15H2,(H,23,24). The third kappa shape index (κ3) is 3.76. The van der Waals surface area contributed by atoms with Crippen molar-refractivity contribution in [1.82, 2.24) is 14.9 Å². The van der Waals surface area contributed by atoms with E-state index in [0.29, 0.717) is 6.04 Å². The molecule has 5 nitrogen and oxygen atoms in total. The van der Waals surface area contributed by atoms with Crippen LogP contribution in [-0.2, 0) is 13.2 Å². The normalized spacial score (nSPS) is 18.2. The molecule has 1 aromatic carbocycles. The number of piperidine rings is 1. The molecule has 0 spiro atoms. The van der Waals surface area contributed by atoms with Gasteiger partial charge in [0.1, 0.15) is 5.65 Å². The molecule has 3 N–H and O–H groups in total. The van der Waals surface area contributed by atoms with Crippen LogP contribution in [0.2, 0.25) is 0 Å². The zero-order valence-corrected chi connectivity index (χ0v) is 15.6. The van der Waals surface area contributed by atoms with Crippen LogP contribution in [0, 0.1) is 0 Å². The van der Waals surface area contributed by atoms with Gasteiger partial charge in [-0.1, -0.05) is 24.6 Å². The third-order valence-electron chi connectivity index (χ3n) is 5.62. The van der Waals surface area contributed by atoms with E-state index in [9.17, 15) is 10.2 Å². The van der Waals surface area contributed by atoms with Crippen molar-refractivity contribution in [3.05, 3.63) is 53.9 Å². The number of aliphatic hydroxyl groups excluding tert-OH is 2. The van der Waals surface area contributed by atoms with Gasteiger partial charge in [-0.25, -0.2) is 4.98 Å². The van der Waals surface area contributed by atoms with Crippen LogP contribution in [0.15, 0.2) is 42.6 Å². The molecule has 3 aromatic rings. The highest BCUT2D eigenvalue weighted by atomic mass is 16.3. The van der Waals surface area contributed by atoms with Gasteiger partial charge in [-0.15, -0.1) is 0 Å². The summed E-state index contributed by atoms with van der Waals surface area (Å²) in [5.41, 5.74) is 5.23. The Balaban J connectivity index is 1.76. The predicted octanol–water partition coefficient (Wildman–Crippen LogP) is 3.46. The Morgan fingerprint density at radius 2 is 2.07 bits per heavy atom. The second kappa shape index (κ2) is 8.21. The summed E-state index contributed by atoms with van der Waals surface area (Å²) in [4.78, 5) is 10.5. The Morgan fingerprint density at radius 1 is 1.15 bits per heavy atom. The summed E-state index contributed by atoms with van der Waals surface area (Å²) in [6.07, 6.45) is 6.23. The van der Waals surface area contributed by atoms with E-state index >= 15 is 0 Å². The molecule has 1 unspecified atom stereocenters. The fourth-order valence-corrected chi connectivity index (χ4v) is 4.30. The maximum atomic E-state index is 9.54. The Kier molecular flexibility index (Phi) is 5.53. The molecule has 1 aliphatic rings. The minimum atomic E-state index is 0.0362. The zero-order valence-electron chi connectivity index (χ0n) is 15.6. The van der Waals surface area contributed by atoms with Gasteiger partial charge in [0.15, 0.2) is 0 Å². The summed E-state index contributed by atoms with van der Waals surface area (Å²) in [6, 6.07) is 12.6. The maximum Gasteiger partial charge on any atom is 0.138 e. The monoisotopic (exact) mass is 365 g/mol. The number of nitrogens with zero attached hydrogens (tertiary/aromatic N) is 2. The van der Waals surface area contributed by atoms with Gasteiger partial charge in [0.25, 0.3) is 0 Å². The molecule has 4 rings (SSSR count). The molecule has 0 radical (unpaired) electrons. The lowest BCUT2D eigenvalue weighted by Gasteiger charge is -2.35. The van der Waals surface area contributed by atoms with E-state index in [2.05, 4.69) is 33.1 Å². The molecule has 0 saturated carbocycles. The van der Waals surface area contributed by atoms with E-state index in [1.807, 2.05) is 24.4 Å². The summed E-state index contributed by atoms with van der Waals surface area (Å²) in [5.74, 6) is 0. The lowest BCUT2D eigenvalue weighted by Crippen LogP contribution is -2.39. The number of hydrogen-bond acceptors (Lipinski definition) is 4. The second-order valence-electron chi connectivity index (χ2n) is 7.37. The average molecular weight is 365 g/mol. The Labute approximate surface area is 159 Å². The van der Waals surface area contributed by atoms with Crippen LogP contribution in [-0.4, -0.2) is 44.3 Å². The van der Waals surface area contributed by atoms with Gasteiger partial charge in [0.2, 0.25) is 0 Å². The number of pyridine rings is 1. The van der Waals surface area contributed by atoms with Gasteiger partial charge in [-0.05, 0) is 55.1 Å². The van der Waals surface area contributed by atoms with Crippen LogP contribution in [0.5, 0.6) is 0 Å². The fourth-order valence-electron chi connectivity index (χ4n) is 4.30. The molecule has 142 valence electrons. The van der Waals surface area contributed by atoms with Crippen molar-refractivity contribution >= 4 is 11.0 Å². The number of likely N-dealkylation sites (tertiary alicyclic amines) is 1. The summed E-state index contributed by atoms with van der Waals surface area (Å²) in [5, 5.41) is 20.1. The van der Waals surface area contributed by atoms with Gasteiger partial charge in [0.05, 0.1) is 6.61 Å². The number of aromatic nitrogens is 2. The third-order valence-corrected chi connectivity index (χ3v) is 5.62. The number of hydrogen-bond donors (Lipinski definition) is 3. The first-order valence-corrected chi connectivity index (χ1v) is 9.81. The zero-order chi connectivity index (χ0) is 18.6. The molecule has 0 amide bonds. The van der Waals surface area contributed by atoms with E-state index < -0.39 is 0 Å². The summed E-state index contributed by atoms with van der Waals surface area (Å²) in [7, 11) is 0. The van der Waals surface area contributed by atoms with Crippen molar-refractivity contribution in [3.8, 4) is 11.1 Å².